The molecular weight excluding hydrogens is 273 g/mol. The summed E-state index contributed by atoms with van der Waals surface area (Å²) in [6.07, 6.45) is 0. The molecule has 0 aliphatic heterocycles. The van der Waals surface area contributed by atoms with Crippen molar-refractivity contribution in [2.75, 3.05) is 18.2 Å². The van der Waals surface area contributed by atoms with E-state index >= 15 is 0 Å². The summed E-state index contributed by atoms with van der Waals surface area (Å²) in [5, 5.41) is 11.4. The van der Waals surface area contributed by atoms with Crippen molar-refractivity contribution in [3.8, 4) is 11.8 Å². The van der Waals surface area contributed by atoms with Crippen LogP contribution in [0.5, 0.6) is 5.75 Å². The Morgan fingerprint density at radius 2 is 2.10 bits per heavy atom. The number of carbonyl (C=O) groups is 1. The SMILES string of the molecule is COc1cc(C#N)ccc1NC(=O)c1ccc(F)cc1N. The van der Waals surface area contributed by atoms with Gasteiger partial charge in [0.15, 0.2) is 0 Å². The van der Waals surface area contributed by atoms with Crippen molar-refractivity contribution in [3.05, 3.63) is 53.3 Å². The Morgan fingerprint density at radius 1 is 1.33 bits per heavy atom. The molecule has 2 rings (SSSR count). The number of nitriles is 1. The minimum atomic E-state index is -0.514. The molecule has 0 heterocycles. The summed E-state index contributed by atoms with van der Waals surface area (Å²) < 4.78 is 18.1. The molecule has 0 fully saturated rings. The molecule has 0 bridgehead atoms. The molecule has 0 aliphatic carbocycles. The number of methoxy groups -OCH3 is 1. The summed E-state index contributed by atoms with van der Waals surface area (Å²) >= 11 is 0. The van der Waals surface area contributed by atoms with Crippen LogP contribution in [-0.4, -0.2) is 13.0 Å². The second kappa shape index (κ2) is 5.92. The number of benzene rings is 2. The minimum absolute atomic E-state index is 0.0418. The van der Waals surface area contributed by atoms with Crippen LogP contribution < -0.4 is 15.8 Å². The average Bonchev–Trinajstić information content (AvgIpc) is 2.47. The lowest BCUT2D eigenvalue weighted by Crippen LogP contribution is -2.14. The molecule has 6 heteroatoms. The fourth-order valence-electron chi connectivity index (χ4n) is 1.79. The van der Waals surface area contributed by atoms with Crippen LogP contribution in [0.25, 0.3) is 0 Å². The van der Waals surface area contributed by atoms with E-state index in [4.69, 9.17) is 15.7 Å². The lowest BCUT2D eigenvalue weighted by molar-refractivity contribution is 0.102. The highest BCUT2D eigenvalue weighted by Gasteiger charge is 2.13. The monoisotopic (exact) mass is 285 g/mol. The van der Waals surface area contributed by atoms with Crippen molar-refractivity contribution in [3.63, 3.8) is 0 Å². The first-order chi connectivity index (χ1) is 10.0. The molecule has 0 spiro atoms. The summed E-state index contributed by atoms with van der Waals surface area (Å²) in [4.78, 5) is 12.1. The highest BCUT2D eigenvalue weighted by molar-refractivity contribution is 6.08. The van der Waals surface area contributed by atoms with E-state index in [9.17, 15) is 9.18 Å². The van der Waals surface area contributed by atoms with E-state index in [0.29, 0.717) is 17.0 Å². The highest BCUT2D eigenvalue weighted by Crippen LogP contribution is 2.26. The molecule has 0 saturated carbocycles. The van der Waals surface area contributed by atoms with Gasteiger partial charge in [-0.1, -0.05) is 0 Å². The molecule has 3 N–H and O–H groups in total. The molecule has 0 unspecified atom stereocenters. The third kappa shape index (κ3) is 3.09. The molecule has 0 saturated heterocycles. The molecule has 5 nitrogen and oxygen atoms in total. The maximum Gasteiger partial charge on any atom is 0.257 e. The van der Waals surface area contributed by atoms with Crippen molar-refractivity contribution in [1.82, 2.24) is 0 Å². The lowest BCUT2D eigenvalue weighted by Gasteiger charge is -2.11. The molecule has 0 aliphatic rings. The van der Waals surface area contributed by atoms with Crippen molar-refractivity contribution in [1.29, 1.82) is 5.26 Å². The van der Waals surface area contributed by atoms with Crippen LogP contribution in [-0.2, 0) is 0 Å². The lowest BCUT2D eigenvalue weighted by atomic mass is 10.1. The number of amides is 1. The minimum Gasteiger partial charge on any atom is -0.495 e. The van der Waals surface area contributed by atoms with Crippen LogP contribution >= 0.6 is 0 Å². The molecule has 0 radical (unpaired) electrons. The van der Waals surface area contributed by atoms with Gasteiger partial charge in [-0.25, -0.2) is 4.39 Å². The zero-order valence-corrected chi connectivity index (χ0v) is 11.2. The quantitative estimate of drug-likeness (QED) is 0.848. The van der Waals surface area contributed by atoms with Gasteiger partial charge >= 0.3 is 0 Å². The van der Waals surface area contributed by atoms with Gasteiger partial charge in [-0.3, -0.25) is 4.79 Å². The molecule has 0 aromatic heterocycles. The second-order valence-corrected chi connectivity index (χ2v) is 4.21. The number of nitrogens with zero attached hydrogens (tertiary/aromatic N) is 1. The number of halogens is 1. The van der Waals surface area contributed by atoms with Crippen LogP contribution in [0.3, 0.4) is 0 Å². The Bertz CT molecular complexity index is 738. The third-order valence-corrected chi connectivity index (χ3v) is 2.84. The smallest absolute Gasteiger partial charge is 0.257 e. The predicted molar refractivity (Wildman–Crippen MR) is 76.5 cm³/mol. The number of hydrogen-bond donors (Lipinski definition) is 2. The summed E-state index contributed by atoms with van der Waals surface area (Å²) in [6.45, 7) is 0. The van der Waals surface area contributed by atoms with Gasteiger partial charge in [-0.2, -0.15) is 5.26 Å². The second-order valence-electron chi connectivity index (χ2n) is 4.21. The van der Waals surface area contributed by atoms with Crippen molar-refractivity contribution < 1.29 is 13.9 Å². The number of anilines is 2. The first-order valence-electron chi connectivity index (χ1n) is 5.99. The van der Waals surface area contributed by atoms with Crippen LogP contribution in [0.1, 0.15) is 15.9 Å². The van der Waals surface area contributed by atoms with E-state index in [-0.39, 0.29) is 11.3 Å². The van der Waals surface area contributed by atoms with Crippen LogP contribution in [0, 0.1) is 17.1 Å². The van der Waals surface area contributed by atoms with Crippen molar-refractivity contribution in [2.24, 2.45) is 0 Å². The van der Waals surface area contributed by atoms with Gasteiger partial charge in [0.25, 0.3) is 5.91 Å². The molecule has 0 atom stereocenters. The number of rotatable bonds is 3. The maximum atomic E-state index is 13.0. The number of hydrogen-bond acceptors (Lipinski definition) is 4. The van der Waals surface area contributed by atoms with E-state index in [1.165, 1.54) is 19.2 Å². The van der Waals surface area contributed by atoms with Gasteiger partial charge in [-0.05, 0) is 30.3 Å². The summed E-state index contributed by atoms with van der Waals surface area (Å²) in [5.74, 6) is -0.654. The normalized spacial score (nSPS) is 9.76. The van der Waals surface area contributed by atoms with Crippen LogP contribution in [0.2, 0.25) is 0 Å². The molecular formula is C15H12FN3O2. The predicted octanol–water partition coefficient (Wildman–Crippen LogP) is 2.54. The van der Waals surface area contributed by atoms with Crippen molar-refractivity contribution >= 4 is 17.3 Å². The summed E-state index contributed by atoms with van der Waals surface area (Å²) in [7, 11) is 1.43. The van der Waals surface area contributed by atoms with E-state index in [0.717, 1.165) is 12.1 Å². The first-order valence-corrected chi connectivity index (χ1v) is 5.99. The van der Waals surface area contributed by atoms with Gasteiger partial charge in [-0.15, -0.1) is 0 Å². The van der Waals surface area contributed by atoms with Crippen LogP contribution in [0.4, 0.5) is 15.8 Å². The van der Waals surface area contributed by atoms with Gasteiger partial charge < -0.3 is 15.8 Å². The number of nitrogens with one attached hydrogen (secondary N) is 1. The maximum absolute atomic E-state index is 13.0. The Balaban J connectivity index is 2.29. The Labute approximate surface area is 120 Å². The third-order valence-electron chi connectivity index (χ3n) is 2.84. The van der Waals surface area contributed by atoms with E-state index in [1.54, 1.807) is 12.1 Å². The molecule has 106 valence electrons. The van der Waals surface area contributed by atoms with Crippen LogP contribution in [0.15, 0.2) is 36.4 Å². The van der Waals surface area contributed by atoms with Crippen molar-refractivity contribution in [2.45, 2.75) is 0 Å². The van der Waals surface area contributed by atoms with Gasteiger partial charge in [0.1, 0.15) is 11.6 Å². The fraction of sp³-hybridized carbons (Fsp3) is 0.0667. The summed E-state index contributed by atoms with van der Waals surface area (Å²) in [6, 6.07) is 10.1. The van der Waals surface area contributed by atoms with E-state index in [1.807, 2.05) is 6.07 Å². The Morgan fingerprint density at radius 3 is 2.71 bits per heavy atom. The summed E-state index contributed by atoms with van der Waals surface area (Å²) in [5.41, 5.74) is 6.62. The van der Waals surface area contributed by atoms with Gasteiger partial charge in [0.2, 0.25) is 0 Å². The number of nitrogen functional groups attached to an aromatic ring is 1. The first kappa shape index (κ1) is 14.3. The topological polar surface area (TPSA) is 88.1 Å². The van der Waals surface area contributed by atoms with E-state index < -0.39 is 11.7 Å². The number of nitrogens with two attached hydrogens (primary N) is 1. The standard InChI is InChI=1S/C15H12FN3O2/c1-21-14-6-9(8-17)2-5-13(14)19-15(20)11-4-3-10(16)7-12(11)18/h2-7H,18H2,1H3,(H,19,20). The zero-order valence-electron chi connectivity index (χ0n) is 11.2. The Kier molecular flexibility index (Phi) is 4.05. The average molecular weight is 285 g/mol. The number of ether oxygens (including phenoxy) is 1. The largest absolute Gasteiger partial charge is 0.495 e. The molecule has 1 amide bonds. The highest BCUT2D eigenvalue weighted by atomic mass is 19.1. The fourth-order valence-corrected chi connectivity index (χ4v) is 1.79. The van der Waals surface area contributed by atoms with Gasteiger partial charge in [0.05, 0.1) is 30.0 Å². The molecule has 2 aromatic carbocycles. The molecule has 21 heavy (non-hydrogen) atoms. The molecule has 2 aromatic rings. The zero-order chi connectivity index (χ0) is 15.4. The van der Waals surface area contributed by atoms with Gasteiger partial charge in [0, 0.05) is 11.8 Å². The Hall–Kier alpha value is -3.07. The number of carbonyl (C=O) groups excluding carboxylic acids is 1. The van der Waals surface area contributed by atoms with E-state index in [2.05, 4.69) is 5.32 Å².